The van der Waals surface area contributed by atoms with Gasteiger partial charge in [0.2, 0.25) is 5.91 Å². The predicted octanol–water partition coefficient (Wildman–Crippen LogP) is 1.35. The molecule has 1 saturated carbocycles. The van der Waals surface area contributed by atoms with Gasteiger partial charge in [0.1, 0.15) is 5.69 Å². The van der Waals surface area contributed by atoms with Crippen LogP contribution in [0.2, 0.25) is 0 Å². The highest BCUT2D eigenvalue weighted by molar-refractivity contribution is 5.88. The average Bonchev–Trinajstić information content (AvgIpc) is 3.46. The van der Waals surface area contributed by atoms with Crippen LogP contribution >= 0.6 is 0 Å². The normalized spacial score (nSPS) is 16.5. The third kappa shape index (κ3) is 3.52. The van der Waals surface area contributed by atoms with Gasteiger partial charge in [-0.15, -0.1) is 0 Å². The van der Waals surface area contributed by atoms with E-state index in [0.717, 1.165) is 17.7 Å². The summed E-state index contributed by atoms with van der Waals surface area (Å²) in [6.45, 7) is 5.53. The van der Waals surface area contributed by atoms with Crippen LogP contribution in [0.25, 0.3) is 11.1 Å². The molecule has 146 valence electrons. The maximum absolute atomic E-state index is 12.6. The summed E-state index contributed by atoms with van der Waals surface area (Å²) in [5, 5.41) is 0. The van der Waals surface area contributed by atoms with Crippen molar-refractivity contribution < 1.29 is 4.79 Å². The van der Waals surface area contributed by atoms with Crippen LogP contribution in [0.1, 0.15) is 12.8 Å². The Morgan fingerprint density at radius 2 is 2.04 bits per heavy atom. The second kappa shape index (κ2) is 7.14. The van der Waals surface area contributed by atoms with E-state index in [1.54, 1.807) is 30.4 Å². The summed E-state index contributed by atoms with van der Waals surface area (Å²) in [6.07, 6.45) is 7.03. The minimum absolute atomic E-state index is 0.0783. The molecule has 1 N–H and O–H groups in total. The standard InChI is InChI=1S/C21H24N4O3/c1-3-19(26)24-12-17(13-24)25(11-14-4-5-14)18-8-16(10-22-21(18)28)15-6-7-23(2)20(27)9-15/h3,6-10,14,17H,1,4-5,11-13H2,2H3,(H,22,28). The molecule has 0 atom stereocenters. The number of aryl methyl sites for hydroxylation is 1. The van der Waals surface area contributed by atoms with Crippen molar-refractivity contribution in [3.8, 4) is 11.1 Å². The molecule has 2 aromatic heterocycles. The Kier molecular flexibility index (Phi) is 4.66. The minimum Gasteiger partial charge on any atom is -0.360 e. The number of aromatic amines is 1. The van der Waals surface area contributed by atoms with Crippen molar-refractivity contribution in [2.45, 2.75) is 18.9 Å². The van der Waals surface area contributed by atoms with Gasteiger partial charge in [0.15, 0.2) is 0 Å². The van der Waals surface area contributed by atoms with E-state index >= 15 is 0 Å². The second-order valence-corrected chi connectivity index (χ2v) is 7.66. The Bertz CT molecular complexity index is 1030. The maximum atomic E-state index is 12.6. The molecule has 4 rings (SSSR count). The zero-order valence-corrected chi connectivity index (χ0v) is 15.9. The molecule has 1 saturated heterocycles. The van der Waals surface area contributed by atoms with Gasteiger partial charge in [-0.3, -0.25) is 14.4 Å². The number of aromatic nitrogens is 2. The highest BCUT2D eigenvalue weighted by atomic mass is 16.2. The lowest BCUT2D eigenvalue weighted by Crippen LogP contribution is -2.62. The van der Waals surface area contributed by atoms with E-state index in [1.807, 2.05) is 12.1 Å². The van der Waals surface area contributed by atoms with Crippen molar-refractivity contribution in [2.24, 2.45) is 13.0 Å². The molecule has 0 bridgehead atoms. The van der Waals surface area contributed by atoms with E-state index in [2.05, 4.69) is 16.5 Å². The molecule has 28 heavy (non-hydrogen) atoms. The Morgan fingerprint density at radius 3 is 2.68 bits per heavy atom. The van der Waals surface area contributed by atoms with Crippen molar-refractivity contribution in [1.29, 1.82) is 0 Å². The summed E-state index contributed by atoms with van der Waals surface area (Å²) in [4.78, 5) is 43.1. The summed E-state index contributed by atoms with van der Waals surface area (Å²) in [7, 11) is 1.70. The van der Waals surface area contributed by atoms with Gasteiger partial charge in [0, 0.05) is 50.7 Å². The second-order valence-electron chi connectivity index (χ2n) is 7.66. The van der Waals surface area contributed by atoms with Crippen LogP contribution in [0.3, 0.4) is 0 Å². The first kappa shape index (κ1) is 18.3. The zero-order chi connectivity index (χ0) is 19.8. The Balaban J connectivity index is 1.65. The molecule has 1 aliphatic carbocycles. The number of H-pyrrole nitrogens is 1. The number of carbonyl (C=O) groups is 1. The molecule has 1 aliphatic heterocycles. The molecule has 7 nitrogen and oxygen atoms in total. The van der Waals surface area contributed by atoms with Crippen LogP contribution in [-0.2, 0) is 11.8 Å². The summed E-state index contributed by atoms with van der Waals surface area (Å²) in [5.74, 6) is 0.515. The number of hydrogen-bond donors (Lipinski definition) is 1. The van der Waals surface area contributed by atoms with E-state index in [4.69, 9.17) is 0 Å². The van der Waals surface area contributed by atoms with Crippen LogP contribution in [0.4, 0.5) is 5.69 Å². The lowest BCUT2D eigenvalue weighted by Gasteiger charge is -2.46. The van der Waals surface area contributed by atoms with Crippen LogP contribution in [0.15, 0.2) is 52.8 Å². The van der Waals surface area contributed by atoms with Gasteiger partial charge < -0.3 is 19.4 Å². The quantitative estimate of drug-likeness (QED) is 0.768. The van der Waals surface area contributed by atoms with Gasteiger partial charge in [-0.2, -0.15) is 0 Å². The Hall–Kier alpha value is -3.09. The fraction of sp³-hybridized carbons (Fsp3) is 0.381. The molecule has 0 radical (unpaired) electrons. The molecule has 0 spiro atoms. The first-order valence-corrected chi connectivity index (χ1v) is 9.54. The fourth-order valence-electron chi connectivity index (χ4n) is 3.56. The van der Waals surface area contributed by atoms with E-state index in [-0.39, 0.29) is 23.1 Å². The zero-order valence-electron chi connectivity index (χ0n) is 15.9. The Labute approximate surface area is 162 Å². The predicted molar refractivity (Wildman–Crippen MR) is 108 cm³/mol. The smallest absolute Gasteiger partial charge is 0.271 e. The molecular formula is C21H24N4O3. The van der Waals surface area contributed by atoms with Crippen LogP contribution in [0.5, 0.6) is 0 Å². The molecule has 3 heterocycles. The van der Waals surface area contributed by atoms with E-state index in [1.165, 1.54) is 23.5 Å². The summed E-state index contributed by atoms with van der Waals surface area (Å²) in [5.41, 5.74) is 1.91. The van der Waals surface area contributed by atoms with Gasteiger partial charge in [-0.25, -0.2) is 0 Å². The third-order valence-electron chi connectivity index (χ3n) is 5.57. The summed E-state index contributed by atoms with van der Waals surface area (Å²) in [6, 6.07) is 5.40. The number of likely N-dealkylation sites (tertiary alicyclic amines) is 1. The van der Waals surface area contributed by atoms with E-state index < -0.39 is 0 Å². The topological polar surface area (TPSA) is 78.4 Å². The summed E-state index contributed by atoms with van der Waals surface area (Å²) < 4.78 is 1.51. The molecule has 2 aliphatic rings. The highest BCUT2D eigenvalue weighted by Crippen LogP contribution is 2.33. The summed E-state index contributed by atoms with van der Waals surface area (Å²) >= 11 is 0. The molecule has 2 aromatic rings. The van der Waals surface area contributed by atoms with Gasteiger partial charge in [-0.05, 0) is 42.5 Å². The number of anilines is 1. The van der Waals surface area contributed by atoms with Gasteiger partial charge >= 0.3 is 0 Å². The maximum Gasteiger partial charge on any atom is 0.271 e. The largest absolute Gasteiger partial charge is 0.360 e. The lowest BCUT2D eigenvalue weighted by atomic mass is 10.0. The SMILES string of the molecule is C=CC(=O)N1CC(N(CC2CC2)c2cc(-c3ccn(C)c(=O)c3)c[nH]c2=O)C1. The molecule has 0 aromatic carbocycles. The monoisotopic (exact) mass is 380 g/mol. The van der Waals surface area contributed by atoms with Gasteiger partial charge in [0.25, 0.3) is 11.1 Å². The number of rotatable bonds is 6. The molecule has 2 fully saturated rings. The van der Waals surface area contributed by atoms with Crippen LogP contribution < -0.4 is 16.0 Å². The van der Waals surface area contributed by atoms with E-state index in [9.17, 15) is 14.4 Å². The number of amides is 1. The van der Waals surface area contributed by atoms with Crippen molar-refractivity contribution in [1.82, 2.24) is 14.5 Å². The number of nitrogens with zero attached hydrogens (tertiary/aromatic N) is 3. The van der Waals surface area contributed by atoms with Gasteiger partial charge in [-0.1, -0.05) is 6.58 Å². The number of carbonyl (C=O) groups excluding carboxylic acids is 1. The third-order valence-corrected chi connectivity index (χ3v) is 5.57. The first-order valence-electron chi connectivity index (χ1n) is 9.54. The van der Waals surface area contributed by atoms with Crippen LogP contribution in [-0.4, -0.2) is 46.0 Å². The van der Waals surface area contributed by atoms with Crippen molar-refractivity contribution in [3.05, 3.63) is 64.0 Å². The van der Waals surface area contributed by atoms with Crippen LogP contribution in [0, 0.1) is 5.92 Å². The van der Waals surface area contributed by atoms with Crippen molar-refractivity contribution in [2.75, 3.05) is 24.5 Å². The molecule has 0 unspecified atom stereocenters. The highest BCUT2D eigenvalue weighted by Gasteiger charge is 2.37. The lowest BCUT2D eigenvalue weighted by molar-refractivity contribution is -0.130. The van der Waals surface area contributed by atoms with Gasteiger partial charge in [0.05, 0.1) is 6.04 Å². The fourth-order valence-corrected chi connectivity index (χ4v) is 3.56. The molecule has 7 heteroatoms. The Morgan fingerprint density at radius 1 is 1.29 bits per heavy atom. The van der Waals surface area contributed by atoms with Crippen molar-refractivity contribution >= 4 is 11.6 Å². The number of nitrogens with one attached hydrogen (secondary N) is 1. The minimum atomic E-state index is -0.151. The average molecular weight is 380 g/mol. The van der Waals surface area contributed by atoms with E-state index in [0.29, 0.717) is 24.7 Å². The molecular weight excluding hydrogens is 356 g/mol. The van der Waals surface area contributed by atoms with Crippen molar-refractivity contribution in [3.63, 3.8) is 0 Å². The number of pyridine rings is 2. The molecule has 1 amide bonds. The first-order chi connectivity index (χ1) is 13.5. The number of hydrogen-bond acceptors (Lipinski definition) is 4.